The highest BCUT2D eigenvalue weighted by Crippen LogP contribution is 2.67. The maximum atomic E-state index is 13.6. The Balaban J connectivity index is 1.79. The minimum Gasteiger partial charge on any atom is -0.472 e. The number of aliphatic hydroxyl groups excluding tert-OH is 1. The number of carbonyl (C=O) groups is 5. The molecule has 2 aliphatic carbocycles. The fourth-order valence-electron chi connectivity index (χ4n) is 7.37. The first kappa shape index (κ1) is 32.1. The number of hydrogen-bond acceptors (Lipinski definition) is 14. The summed E-state index contributed by atoms with van der Waals surface area (Å²) in [6.07, 6.45) is -1.94. The highest BCUT2D eigenvalue weighted by atomic mass is 16.6. The van der Waals surface area contributed by atoms with Gasteiger partial charge >= 0.3 is 29.8 Å². The molecular formula is C31H35NO13. The van der Waals surface area contributed by atoms with Gasteiger partial charge < -0.3 is 37.9 Å². The van der Waals surface area contributed by atoms with E-state index in [2.05, 4.69) is 4.98 Å². The molecule has 14 heteroatoms. The monoisotopic (exact) mass is 629 g/mol. The van der Waals surface area contributed by atoms with Crippen molar-refractivity contribution in [1.29, 1.82) is 0 Å². The lowest BCUT2D eigenvalue weighted by Crippen LogP contribution is -2.80. The predicted octanol–water partition coefficient (Wildman–Crippen LogP) is 2.17. The number of carbonyl (C=O) groups excluding carboxylic acids is 5. The molecule has 242 valence electrons. The van der Waals surface area contributed by atoms with E-state index in [0.29, 0.717) is 0 Å². The summed E-state index contributed by atoms with van der Waals surface area (Å²) in [5.41, 5.74) is -5.25. The van der Waals surface area contributed by atoms with Crippen molar-refractivity contribution in [2.24, 2.45) is 11.3 Å². The Bertz CT molecular complexity index is 1460. The molecule has 1 N–H and O–H groups in total. The zero-order chi connectivity index (χ0) is 32.7. The van der Waals surface area contributed by atoms with E-state index >= 15 is 0 Å². The Morgan fingerprint density at radius 1 is 0.911 bits per heavy atom. The first-order valence-electron chi connectivity index (χ1n) is 14.4. The summed E-state index contributed by atoms with van der Waals surface area (Å²) in [5, 5.41) is 12.0. The molecule has 3 heterocycles. The lowest BCUT2D eigenvalue weighted by Gasteiger charge is -2.62. The van der Waals surface area contributed by atoms with Crippen LogP contribution in [-0.4, -0.2) is 88.3 Å². The van der Waals surface area contributed by atoms with E-state index in [-0.39, 0.29) is 24.0 Å². The van der Waals surface area contributed by atoms with Gasteiger partial charge in [0.05, 0.1) is 35.0 Å². The van der Waals surface area contributed by atoms with E-state index in [9.17, 15) is 29.1 Å². The Morgan fingerprint density at radius 3 is 2.20 bits per heavy atom. The van der Waals surface area contributed by atoms with Crippen molar-refractivity contribution in [1.82, 2.24) is 4.98 Å². The lowest BCUT2D eigenvalue weighted by atomic mass is 9.49. The predicted molar refractivity (Wildman–Crippen MR) is 148 cm³/mol. The van der Waals surface area contributed by atoms with Crippen molar-refractivity contribution in [2.75, 3.05) is 6.61 Å². The quantitative estimate of drug-likeness (QED) is 0.330. The summed E-state index contributed by atoms with van der Waals surface area (Å²) >= 11 is 0. The zero-order valence-corrected chi connectivity index (χ0v) is 25.4. The molecule has 0 amide bonds. The molecule has 8 atom stereocenters. The molecule has 45 heavy (non-hydrogen) atoms. The number of esters is 5. The number of aliphatic hydroxyl groups is 1. The summed E-state index contributed by atoms with van der Waals surface area (Å²) in [6.45, 7) is 6.10. The molecule has 3 fully saturated rings. The minimum atomic E-state index is -2.02. The number of rotatable bonds is 8. The third kappa shape index (κ3) is 5.35. The van der Waals surface area contributed by atoms with Crippen molar-refractivity contribution >= 4 is 29.8 Å². The third-order valence-electron chi connectivity index (χ3n) is 8.89. The second-order valence-electron chi connectivity index (χ2n) is 12.0. The largest absolute Gasteiger partial charge is 0.472 e. The molecule has 1 spiro atoms. The van der Waals surface area contributed by atoms with Crippen LogP contribution in [0.2, 0.25) is 0 Å². The van der Waals surface area contributed by atoms with Gasteiger partial charge in [-0.1, -0.05) is 0 Å². The topological polar surface area (TPSA) is 187 Å². The molecule has 3 aliphatic rings. The molecule has 2 unspecified atom stereocenters. The Kier molecular flexibility index (Phi) is 8.49. The average Bonchev–Trinajstić information content (AvgIpc) is 3.57. The van der Waals surface area contributed by atoms with Crippen molar-refractivity contribution in [3.8, 4) is 0 Å². The molecule has 0 radical (unpaired) electrons. The summed E-state index contributed by atoms with van der Waals surface area (Å²) < 4.78 is 41.4. The van der Waals surface area contributed by atoms with Crippen LogP contribution < -0.4 is 0 Å². The standard InChI is InChI=1S/C31H35NO13/c1-16(33)40-15-30-22(41-17(2)34)9-8-21(36)31(30)25(43-27(37)19-7-6-11-32-13-19)23(29(4,5)45-31)24(42-18(3)35)26(30)44-28(38)20-10-12-39-14-20/h6-7,10-14,21-26,36H,8-9,15H2,1-5H3/t21-,22-,23?,24+,25+,26+,30-,31?/m0/s1. The van der Waals surface area contributed by atoms with Crippen LogP contribution in [0.5, 0.6) is 0 Å². The fraction of sp³-hybridized carbons (Fsp3) is 0.548. The Morgan fingerprint density at radius 2 is 1.60 bits per heavy atom. The highest BCUT2D eigenvalue weighted by Gasteiger charge is 2.85. The number of nitrogens with zero attached hydrogens (tertiary/aromatic N) is 1. The van der Waals surface area contributed by atoms with Crippen LogP contribution in [-0.2, 0) is 42.8 Å². The third-order valence-corrected chi connectivity index (χ3v) is 8.89. The van der Waals surface area contributed by atoms with Gasteiger partial charge in [-0.3, -0.25) is 19.4 Å². The van der Waals surface area contributed by atoms with E-state index in [1.165, 1.54) is 36.9 Å². The van der Waals surface area contributed by atoms with Crippen LogP contribution >= 0.6 is 0 Å². The van der Waals surface area contributed by atoms with Gasteiger partial charge in [0, 0.05) is 33.2 Å². The van der Waals surface area contributed by atoms with Crippen molar-refractivity contribution < 1.29 is 61.9 Å². The van der Waals surface area contributed by atoms with Crippen LogP contribution in [0.1, 0.15) is 68.2 Å². The molecule has 2 bridgehead atoms. The van der Waals surface area contributed by atoms with Gasteiger partial charge in [-0.15, -0.1) is 0 Å². The van der Waals surface area contributed by atoms with Gasteiger partial charge in [-0.2, -0.15) is 0 Å². The summed E-state index contributed by atoms with van der Waals surface area (Å²) in [6, 6.07) is 4.37. The van der Waals surface area contributed by atoms with Crippen molar-refractivity contribution in [2.45, 2.75) is 89.2 Å². The second-order valence-corrected chi connectivity index (χ2v) is 12.0. The molecular weight excluding hydrogens is 594 g/mol. The molecule has 14 nitrogen and oxygen atoms in total. The summed E-state index contributed by atoms with van der Waals surface area (Å²) in [7, 11) is 0. The number of pyridine rings is 1. The van der Waals surface area contributed by atoms with Gasteiger partial charge in [0.2, 0.25) is 0 Å². The highest BCUT2D eigenvalue weighted by molar-refractivity contribution is 5.90. The van der Waals surface area contributed by atoms with E-state index in [1.807, 2.05) is 0 Å². The SMILES string of the molecule is CC(=O)OC[C@@]12[C@@H](OC(C)=O)CC[C@H](O)C13OC(C)(C)C([C@@H](OC(C)=O)[C@H]2OC(=O)c1ccoc1)[C@H]3OC(=O)c1cccnc1. The molecule has 2 saturated carbocycles. The van der Waals surface area contributed by atoms with Gasteiger partial charge in [0.25, 0.3) is 0 Å². The van der Waals surface area contributed by atoms with Crippen molar-refractivity contribution in [3.63, 3.8) is 0 Å². The average molecular weight is 630 g/mol. The zero-order valence-electron chi connectivity index (χ0n) is 25.4. The normalized spacial score (nSPS) is 32.8. The van der Waals surface area contributed by atoms with Crippen LogP contribution in [0.4, 0.5) is 0 Å². The number of furan rings is 1. The van der Waals surface area contributed by atoms with Gasteiger partial charge in [0.15, 0.2) is 6.10 Å². The number of hydrogen-bond donors (Lipinski definition) is 1. The first-order valence-corrected chi connectivity index (χ1v) is 14.4. The van der Waals surface area contributed by atoms with Crippen LogP contribution in [0.25, 0.3) is 0 Å². The van der Waals surface area contributed by atoms with E-state index in [0.717, 1.165) is 27.0 Å². The smallest absolute Gasteiger partial charge is 0.341 e. The van der Waals surface area contributed by atoms with Crippen molar-refractivity contribution in [3.05, 3.63) is 54.2 Å². The van der Waals surface area contributed by atoms with Gasteiger partial charge in [0.1, 0.15) is 42.2 Å². The van der Waals surface area contributed by atoms with Crippen LogP contribution in [0.15, 0.2) is 47.5 Å². The number of fused-ring (bicyclic) bond motifs is 1. The second kappa shape index (κ2) is 11.9. The molecule has 5 rings (SSSR count). The maximum absolute atomic E-state index is 13.6. The first-order chi connectivity index (χ1) is 21.2. The van der Waals surface area contributed by atoms with E-state index < -0.39 is 89.5 Å². The molecule has 1 saturated heterocycles. The maximum Gasteiger partial charge on any atom is 0.341 e. The molecule has 2 aromatic rings. The lowest BCUT2D eigenvalue weighted by molar-refractivity contribution is -0.323. The molecule has 1 aliphatic heterocycles. The number of aromatic nitrogens is 1. The Labute approximate surface area is 258 Å². The summed E-state index contributed by atoms with van der Waals surface area (Å²) in [5.74, 6) is -5.07. The molecule has 0 aromatic carbocycles. The van der Waals surface area contributed by atoms with E-state index in [4.69, 9.17) is 32.8 Å². The van der Waals surface area contributed by atoms with Crippen LogP contribution in [0.3, 0.4) is 0 Å². The van der Waals surface area contributed by atoms with E-state index in [1.54, 1.807) is 13.8 Å². The van der Waals surface area contributed by atoms with Gasteiger partial charge in [-0.05, 0) is 44.9 Å². The summed E-state index contributed by atoms with van der Waals surface area (Å²) in [4.78, 5) is 68.8. The van der Waals surface area contributed by atoms with Crippen LogP contribution in [0, 0.1) is 11.3 Å². The minimum absolute atomic E-state index is 0.00584. The van der Waals surface area contributed by atoms with Gasteiger partial charge in [-0.25, -0.2) is 9.59 Å². The fourth-order valence-corrected chi connectivity index (χ4v) is 7.37. The molecule has 2 aromatic heterocycles. The number of ether oxygens (including phenoxy) is 6. The Hall–Kier alpha value is -4.30.